The van der Waals surface area contributed by atoms with Crippen LogP contribution in [-0.4, -0.2) is 30.3 Å². The zero-order chi connectivity index (χ0) is 15.8. The summed E-state index contributed by atoms with van der Waals surface area (Å²) in [5, 5.41) is 8.44. The monoisotopic (exact) mass is 354 g/mol. The first-order valence-electron chi connectivity index (χ1n) is 6.91. The van der Waals surface area contributed by atoms with Crippen molar-refractivity contribution in [1.29, 1.82) is 0 Å². The molecule has 2 aromatic rings. The van der Waals surface area contributed by atoms with Crippen LogP contribution in [0.4, 0.5) is 0 Å². The third-order valence-corrected chi connectivity index (χ3v) is 4.98. The van der Waals surface area contributed by atoms with Gasteiger partial charge in [0, 0.05) is 40.3 Å². The van der Waals surface area contributed by atoms with Crippen molar-refractivity contribution < 1.29 is 0 Å². The molecule has 0 fully saturated rings. The Labute approximate surface area is 144 Å². The highest BCUT2D eigenvalue weighted by molar-refractivity contribution is 7.99. The Bertz CT molecular complexity index is 610. The fourth-order valence-electron chi connectivity index (χ4n) is 1.75. The third kappa shape index (κ3) is 5.87. The van der Waals surface area contributed by atoms with Crippen molar-refractivity contribution in [3.8, 4) is 0 Å². The van der Waals surface area contributed by atoms with Crippen LogP contribution in [0.2, 0.25) is 5.02 Å². The maximum Gasteiger partial charge on any atom is 0.191 e. The molecule has 7 heteroatoms. The molecule has 1 heterocycles. The number of halogens is 1. The zero-order valence-electron chi connectivity index (χ0n) is 12.6. The molecule has 118 valence electrons. The van der Waals surface area contributed by atoms with E-state index in [-0.39, 0.29) is 0 Å². The Morgan fingerprint density at radius 3 is 2.73 bits per heavy atom. The van der Waals surface area contributed by atoms with Crippen molar-refractivity contribution >= 4 is 40.7 Å². The summed E-state index contributed by atoms with van der Waals surface area (Å²) in [6.07, 6.45) is 1.90. The first kappa shape index (κ1) is 17.1. The molecular weight excluding hydrogens is 336 g/mol. The molecule has 0 aliphatic carbocycles. The van der Waals surface area contributed by atoms with E-state index >= 15 is 0 Å². The minimum Gasteiger partial charge on any atom is -0.356 e. The molecule has 1 aromatic carbocycles. The molecule has 0 unspecified atom stereocenters. The second kappa shape index (κ2) is 9.02. The second-order valence-corrected chi connectivity index (χ2v) is 7.42. The van der Waals surface area contributed by atoms with E-state index in [4.69, 9.17) is 11.6 Å². The maximum atomic E-state index is 5.87. The first-order chi connectivity index (χ1) is 10.7. The van der Waals surface area contributed by atoms with Gasteiger partial charge in [0.15, 0.2) is 5.96 Å². The highest BCUT2D eigenvalue weighted by Crippen LogP contribution is 2.19. The van der Waals surface area contributed by atoms with E-state index in [0.29, 0.717) is 0 Å². The van der Waals surface area contributed by atoms with Crippen LogP contribution in [0.1, 0.15) is 9.88 Å². The molecule has 0 atom stereocenters. The van der Waals surface area contributed by atoms with Crippen molar-refractivity contribution in [2.24, 2.45) is 4.99 Å². The fraction of sp³-hybridized carbons (Fsp3) is 0.333. The Hall–Kier alpha value is -1.24. The number of rotatable bonds is 6. The number of nitrogens with zero attached hydrogens (tertiary/aromatic N) is 2. The number of hydrogen-bond donors (Lipinski definition) is 2. The van der Waals surface area contributed by atoms with Crippen molar-refractivity contribution in [1.82, 2.24) is 15.6 Å². The first-order valence-corrected chi connectivity index (χ1v) is 9.09. The predicted octanol–water partition coefficient (Wildman–Crippen LogP) is 3.56. The van der Waals surface area contributed by atoms with Crippen LogP contribution in [0.5, 0.6) is 0 Å². The lowest BCUT2D eigenvalue weighted by atomic mass is 10.4. The molecule has 0 aliphatic rings. The van der Waals surface area contributed by atoms with E-state index in [1.807, 2.05) is 37.4 Å². The predicted molar refractivity (Wildman–Crippen MR) is 97.2 cm³/mol. The number of aromatic nitrogens is 1. The average molecular weight is 355 g/mol. The third-order valence-electron chi connectivity index (χ3n) is 2.80. The van der Waals surface area contributed by atoms with E-state index in [2.05, 4.69) is 20.6 Å². The Morgan fingerprint density at radius 2 is 2.09 bits per heavy atom. The molecule has 0 spiro atoms. The van der Waals surface area contributed by atoms with Gasteiger partial charge in [-0.05, 0) is 31.2 Å². The summed E-state index contributed by atoms with van der Waals surface area (Å²) in [4.78, 5) is 10.9. The average Bonchev–Trinajstić information content (AvgIpc) is 2.94. The van der Waals surface area contributed by atoms with Gasteiger partial charge >= 0.3 is 0 Å². The van der Waals surface area contributed by atoms with E-state index < -0.39 is 0 Å². The molecule has 0 amide bonds. The van der Waals surface area contributed by atoms with Gasteiger partial charge in [0.25, 0.3) is 0 Å². The molecular formula is C15H19ClN4S2. The lowest BCUT2D eigenvalue weighted by Gasteiger charge is -2.10. The van der Waals surface area contributed by atoms with Crippen LogP contribution >= 0.6 is 34.7 Å². The topological polar surface area (TPSA) is 49.3 Å². The number of guanidine groups is 1. The van der Waals surface area contributed by atoms with Crippen molar-refractivity contribution in [3.63, 3.8) is 0 Å². The quantitative estimate of drug-likeness (QED) is 0.360. The van der Waals surface area contributed by atoms with Gasteiger partial charge in [-0.25, -0.2) is 4.98 Å². The van der Waals surface area contributed by atoms with E-state index in [9.17, 15) is 0 Å². The summed E-state index contributed by atoms with van der Waals surface area (Å²) in [6, 6.07) is 7.89. The van der Waals surface area contributed by atoms with Gasteiger partial charge < -0.3 is 10.6 Å². The molecule has 2 rings (SSSR count). The van der Waals surface area contributed by atoms with Gasteiger partial charge in [0.1, 0.15) is 0 Å². The molecule has 4 nitrogen and oxygen atoms in total. The molecule has 0 saturated carbocycles. The molecule has 22 heavy (non-hydrogen) atoms. The van der Waals surface area contributed by atoms with Crippen LogP contribution < -0.4 is 10.6 Å². The summed E-state index contributed by atoms with van der Waals surface area (Å²) >= 11 is 9.35. The normalized spacial score (nSPS) is 11.5. The van der Waals surface area contributed by atoms with Gasteiger partial charge in [-0.15, -0.1) is 23.1 Å². The molecule has 0 bridgehead atoms. The Morgan fingerprint density at radius 1 is 1.32 bits per heavy atom. The van der Waals surface area contributed by atoms with Crippen molar-refractivity contribution in [2.45, 2.75) is 18.4 Å². The minimum absolute atomic E-state index is 0.746. The summed E-state index contributed by atoms with van der Waals surface area (Å²) < 4.78 is 0. The van der Waals surface area contributed by atoms with E-state index in [0.717, 1.165) is 34.8 Å². The lowest BCUT2D eigenvalue weighted by molar-refractivity contribution is 0.840. The van der Waals surface area contributed by atoms with Crippen LogP contribution in [0.25, 0.3) is 0 Å². The van der Waals surface area contributed by atoms with Gasteiger partial charge in [-0.3, -0.25) is 4.99 Å². The summed E-state index contributed by atoms with van der Waals surface area (Å²) in [5.41, 5.74) is 0. The Kier molecular flexibility index (Phi) is 7.02. The lowest BCUT2D eigenvalue weighted by Crippen LogP contribution is -2.37. The fourth-order valence-corrected chi connectivity index (χ4v) is 3.38. The van der Waals surface area contributed by atoms with E-state index in [1.165, 1.54) is 9.77 Å². The van der Waals surface area contributed by atoms with Gasteiger partial charge in [0.05, 0.1) is 11.6 Å². The molecule has 1 aromatic heterocycles. The van der Waals surface area contributed by atoms with Crippen LogP contribution in [-0.2, 0) is 6.54 Å². The number of nitrogens with one attached hydrogen (secondary N) is 2. The maximum absolute atomic E-state index is 5.87. The largest absolute Gasteiger partial charge is 0.356 e. The van der Waals surface area contributed by atoms with Crippen LogP contribution in [0.15, 0.2) is 40.4 Å². The van der Waals surface area contributed by atoms with Gasteiger partial charge in [-0.1, -0.05) is 11.6 Å². The number of thioether (sulfide) groups is 1. The molecule has 0 radical (unpaired) electrons. The Balaban J connectivity index is 1.67. The molecule has 2 N–H and O–H groups in total. The summed E-state index contributed by atoms with van der Waals surface area (Å²) in [5.74, 6) is 1.77. The highest BCUT2D eigenvalue weighted by atomic mass is 35.5. The highest BCUT2D eigenvalue weighted by Gasteiger charge is 2.01. The number of aryl methyl sites for hydroxylation is 1. The summed E-state index contributed by atoms with van der Waals surface area (Å²) in [6.45, 7) is 3.60. The second-order valence-electron chi connectivity index (χ2n) is 4.50. The molecule has 0 aliphatic heterocycles. The van der Waals surface area contributed by atoms with Crippen molar-refractivity contribution in [3.05, 3.63) is 45.4 Å². The SMILES string of the molecule is CN=C(NCCSc1ccc(Cl)cc1)NCc1cnc(C)s1. The number of hydrogen-bond acceptors (Lipinski definition) is 4. The van der Waals surface area contributed by atoms with Crippen LogP contribution in [0, 0.1) is 6.92 Å². The standard InChI is InChI=1S/C15H19ClN4S2/c1-11-19-9-14(22-11)10-20-15(17-2)18-7-8-21-13-5-3-12(16)4-6-13/h3-6,9H,7-8,10H2,1-2H3,(H2,17,18,20). The molecule has 0 saturated heterocycles. The summed E-state index contributed by atoms with van der Waals surface area (Å²) in [7, 11) is 1.78. The van der Waals surface area contributed by atoms with Gasteiger partial charge in [0.2, 0.25) is 0 Å². The van der Waals surface area contributed by atoms with Crippen molar-refractivity contribution in [2.75, 3.05) is 19.3 Å². The van der Waals surface area contributed by atoms with Gasteiger partial charge in [-0.2, -0.15) is 0 Å². The number of aliphatic imine (C=N–C) groups is 1. The minimum atomic E-state index is 0.746. The number of thiazole rings is 1. The van der Waals surface area contributed by atoms with Crippen LogP contribution in [0.3, 0.4) is 0 Å². The smallest absolute Gasteiger partial charge is 0.191 e. The number of benzene rings is 1. The zero-order valence-corrected chi connectivity index (χ0v) is 15.0. The van der Waals surface area contributed by atoms with E-state index in [1.54, 1.807) is 30.1 Å².